The molecule has 0 bridgehead atoms. The number of anilines is 1. The molecule has 6 nitrogen and oxygen atoms in total. The average Bonchev–Trinajstić information content (AvgIpc) is 2.53. The predicted octanol–water partition coefficient (Wildman–Crippen LogP) is 2.34. The highest BCUT2D eigenvalue weighted by atomic mass is 16.4. The Morgan fingerprint density at radius 3 is 2.57 bits per heavy atom. The van der Waals surface area contributed by atoms with Crippen molar-refractivity contribution < 1.29 is 9.90 Å². The third kappa shape index (κ3) is 2.94. The molecule has 0 atom stereocenters. The van der Waals surface area contributed by atoms with Gasteiger partial charge in [-0.2, -0.15) is 0 Å². The molecule has 0 aliphatic rings. The first-order valence-electron chi connectivity index (χ1n) is 6.36. The van der Waals surface area contributed by atoms with Crippen molar-refractivity contribution in [1.82, 2.24) is 15.0 Å². The lowest BCUT2D eigenvalue weighted by Gasteiger charge is -2.06. The molecule has 2 aromatic heterocycles. The summed E-state index contributed by atoms with van der Waals surface area (Å²) >= 11 is 0. The maximum atomic E-state index is 10.7. The quantitative estimate of drug-likeness (QED) is 0.762. The highest BCUT2D eigenvalue weighted by molar-refractivity contribution is 5.85. The lowest BCUT2D eigenvalue weighted by molar-refractivity contribution is 0.0690. The molecule has 0 unspecified atom stereocenters. The van der Waals surface area contributed by atoms with E-state index in [-0.39, 0.29) is 5.69 Å². The molecule has 3 rings (SSSR count). The van der Waals surface area contributed by atoms with E-state index in [4.69, 9.17) is 5.11 Å². The predicted molar refractivity (Wildman–Crippen MR) is 78.1 cm³/mol. The first kappa shape index (κ1) is 13.0. The third-order valence-electron chi connectivity index (χ3n) is 2.97. The van der Waals surface area contributed by atoms with Crippen molar-refractivity contribution in [3.05, 3.63) is 60.0 Å². The van der Waals surface area contributed by atoms with Gasteiger partial charge in [-0.05, 0) is 23.8 Å². The van der Waals surface area contributed by atoms with E-state index in [2.05, 4.69) is 20.3 Å². The van der Waals surface area contributed by atoms with E-state index < -0.39 is 5.97 Å². The van der Waals surface area contributed by atoms with E-state index in [0.29, 0.717) is 12.4 Å². The van der Waals surface area contributed by atoms with E-state index in [9.17, 15) is 4.79 Å². The zero-order chi connectivity index (χ0) is 14.7. The van der Waals surface area contributed by atoms with Crippen molar-refractivity contribution in [2.24, 2.45) is 0 Å². The number of carbonyl (C=O) groups is 1. The number of hydrogen-bond donors (Lipinski definition) is 2. The second-order valence-electron chi connectivity index (χ2n) is 4.45. The summed E-state index contributed by atoms with van der Waals surface area (Å²) in [5.41, 5.74) is 2.57. The van der Waals surface area contributed by atoms with Crippen LogP contribution in [-0.2, 0) is 6.54 Å². The zero-order valence-electron chi connectivity index (χ0n) is 11.0. The van der Waals surface area contributed by atoms with Gasteiger partial charge in [0.15, 0.2) is 0 Å². The second-order valence-corrected chi connectivity index (χ2v) is 4.45. The lowest BCUT2D eigenvalue weighted by atomic mass is 10.2. The van der Waals surface area contributed by atoms with Crippen LogP contribution in [0, 0.1) is 0 Å². The Balaban J connectivity index is 1.72. The summed E-state index contributed by atoms with van der Waals surface area (Å²) in [6, 6.07) is 10.8. The highest BCUT2D eigenvalue weighted by Crippen LogP contribution is 2.12. The maximum Gasteiger partial charge on any atom is 0.354 e. The van der Waals surface area contributed by atoms with Crippen molar-refractivity contribution in [2.75, 3.05) is 5.32 Å². The molecule has 0 radical (unpaired) electrons. The van der Waals surface area contributed by atoms with Crippen molar-refractivity contribution in [2.45, 2.75) is 6.54 Å². The van der Waals surface area contributed by atoms with Gasteiger partial charge in [0.1, 0.15) is 11.5 Å². The Morgan fingerprint density at radius 2 is 1.86 bits per heavy atom. The van der Waals surface area contributed by atoms with Crippen molar-refractivity contribution >= 4 is 22.8 Å². The number of aromatic carboxylic acids is 1. The number of nitrogens with one attached hydrogen (secondary N) is 1. The summed E-state index contributed by atoms with van der Waals surface area (Å²) < 4.78 is 0. The van der Waals surface area contributed by atoms with Crippen LogP contribution in [0.15, 0.2) is 48.8 Å². The van der Waals surface area contributed by atoms with Crippen LogP contribution in [0.3, 0.4) is 0 Å². The Morgan fingerprint density at radius 1 is 1.05 bits per heavy atom. The molecular weight excluding hydrogens is 268 g/mol. The SMILES string of the molecule is O=C(O)c1ccc(CNc2cnc3ccccc3n2)cn1. The summed E-state index contributed by atoms with van der Waals surface area (Å²) in [4.78, 5) is 23.3. The van der Waals surface area contributed by atoms with E-state index in [1.807, 2.05) is 24.3 Å². The largest absolute Gasteiger partial charge is 0.477 e. The van der Waals surface area contributed by atoms with Gasteiger partial charge >= 0.3 is 5.97 Å². The van der Waals surface area contributed by atoms with E-state index >= 15 is 0 Å². The topological polar surface area (TPSA) is 88.0 Å². The van der Waals surface area contributed by atoms with Gasteiger partial charge < -0.3 is 10.4 Å². The van der Waals surface area contributed by atoms with Crippen LogP contribution in [0.4, 0.5) is 5.82 Å². The van der Waals surface area contributed by atoms with Crippen LogP contribution in [0.1, 0.15) is 16.1 Å². The molecule has 3 aromatic rings. The molecule has 1 aromatic carbocycles. The molecule has 0 fully saturated rings. The first-order valence-corrected chi connectivity index (χ1v) is 6.36. The zero-order valence-corrected chi connectivity index (χ0v) is 11.0. The maximum absolute atomic E-state index is 10.7. The lowest BCUT2D eigenvalue weighted by Crippen LogP contribution is -2.04. The van der Waals surface area contributed by atoms with Gasteiger partial charge in [-0.25, -0.2) is 14.8 Å². The summed E-state index contributed by atoms with van der Waals surface area (Å²) in [5, 5.41) is 11.9. The number of carboxylic acid groups (broad SMARTS) is 1. The number of hydrogen-bond acceptors (Lipinski definition) is 5. The van der Waals surface area contributed by atoms with Crippen molar-refractivity contribution in [3.63, 3.8) is 0 Å². The van der Waals surface area contributed by atoms with Gasteiger partial charge in [-0.1, -0.05) is 18.2 Å². The fourth-order valence-electron chi connectivity index (χ4n) is 1.89. The summed E-state index contributed by atoms with van der Waals surface area (Å²) in [6.07, 6.45) is 3.20. The molecular formula is C15H12N4O2. The monoisotopic (exact) mass is 280 g/mol. The number of fused-ring (bicyclic) bond motifs is 1. The van der Waals surface area contributed by atoms with Crippen LogP contribution in [0.25, 0.3) is 11.0 Å². The van der Waals surface area contributed by atoms with Gasteiger partial charge in [0.05, 0.1) is 17.2 Å². The number of aromatic nitrogens is 3. The van der Waals surface area contributed by atoms with Gasteiger partial charge in [0.2, 0.25) is 0 Å². The summed E-state index contributed by atoms with van der Waals surface area (Å²) in [5.74, 6) is -0.370. The Bertz CT molecular complexity index is 787. The number of benzene rings is 1. The molecule has 6 heteroatoms. The normalized spacial score (nSPS) is 10.5. The van der Waals surface area contributed by atoms with Crippen molar-refractivity contribution in [3.8, 4) is 0 Å². The van der Waals surface area contributed by atoms with Crippen LogP contribution >= 0.6 is 0 Å². The van der Waals surface area contributed by atoms with Crippen LogP contribution < -0.4 is 5.32 Å². The van der Waals surface area contributed by atoms with Gasteiger partial charge in [-0.3, -0.25) is 4.98 Å². The average molecular weight is 280 g/mol. The third-order valence-corrected chi connectivity index (χ3v) is 2.97. The van der Waals surface area contributed by atoms with Gasteiger partial charge in [-0.15, -0.1) is 0 Å². The number of rotatable bonds is 4. The molecule has 2 heterocycles. The number of para-hydroxylation sites is 2. The number of pyridine rings is 1. The van der Waals surface area contributed by atoms with Gasteiger partial charge in [0.25, 0.3) is 0 Å². The van der Waals surface area contributed by atoms with Crippen LogP contribution in [0.5, 0.6) is 0 Å². The molecule has 0 saturated heterocycles. The van der Waals surface area contributed by atoms with E-state index in [1.165, 1.54) is 12.3 Å². The minimum Gasteiger partial charge on any atom is -0.477 e. The molecule has 0 aliphatic carbocycles. The standard InChI is InChI=1S/C15H12N4O2/c20-15(21)13-6-5-10(7-16-13)8-18-14-9-17-11-3-1-2-4-12(11)19-14/h1-7,9H,8H2,(H,18,19)(H,20,21). The first-order chi connectivity index (χ1) is 10.2. The smallest absolute Gasteiger partial charge is 0.354 e. The molecule has 0 amide bonds. The Labute approximate surface area is 120 Å². The fraction of sp³-hybridized carbons (Fsp3) is 0.0667. The molecule has 0 saturated carbocycles. The fourth-order valence-corrected chi connectivity index (χ4v) is 1.89. The van der Waals surface area contributed by atoms with Crippen molar-refractivity contribution in [1.29, 1.82) is 0 Å². The molecule has 2 N–H and O–H groups in total. The highest BCUT2D eigenvalue weighted by Gasteiger charge is 2.04. The molecule has 0 aliphatic heterocycles. The minimum atomic E-state index is -1.03. The minimum absolute atomic E-state index is 0.0317. The van der Waals surface area contributed by atoms with E-state index in [1.54, 1.807) is 12.3 Å². The Kier molecular flexibility index (Phi) is 3.42. The second kappa shape index (κ2) is 5.54. The molecule has 104 valence electrons. The van der Waals surface area contributed by atoms with Crippen LogP contribution in [-0.4, -0.2) is 26.0 Å². The van der Waals surface area contributed by atoms with E-state index in [0.717, 1.165) is 16.6 Å². The number of nitrogens with zero attached hydrogens (tertiary/aromatic N) is 3. The summed E-state index contributed by atoms with van der Waals surface area (Å²) in [6.45, 7) is 0.500. The molecule has 0 spiro atoms. The number of carboxylic acids is 1. The van der Waals surface area contributed by atoms with Gasteiger partial charge in [0, 0.05) is 12.7 Å². The molecule has 21 heavy (non-hydrogen) atoms. The van der Waals surface area contributed by atoms with Crippen LogP contribution in [0.2, 0.25) is 0 Å². The Hall–Kier alpha value is -3.02. The summed E-state index contributed by atoms with van der Waals surface area (Å²) in [7, 11) is 0.